The van der Waals surface area contributed by atoms with E-state index < -0.39 is 17.5 Å². The summed E-state index contributed by atoms with van der Waals surface area (Å²) in [6, 6.07) is 9.60. The molecule has 0 aliphatic heterocycles. The molecule has 3 aromatic heterocycles. The van der Waals surface area contributed by atoms with Gasteiger partial charge >= 0.3 is 6.18 Å². The second-order valence-corrected chi connectivity index (χ2v) is 7.46. The standard InChI is InChI=1S/C20H20F3N9/c1-19(24,12-6-4-3-5-7-12)11-27-18-30-15(14-10-28-32(2)16(14)31-18)29-13-8-25-17(26-9-13)20(21,22)23/h3-10H,11,24H2,1-2H3,(H2,27,29,30,31). The number of nitrogens with zero attached hydrogens (tertiary/aromatic N) is 6. The van der Waals surface area contributed by atoms with Gasteiger partial charge in [0.15, 0.2) is 5.65 Å². The van der Waals surface area contributed by atoms with Crippen LogP contribution in [-0.4, -0.2) is 36.3 Å². The first-order chi connectivity index (χ1) is 15.1. The summed E-state index contributed by atoms with van der Waals surface area (Å²) < 4.78 is 39.7. The summed E-state index contributed by atoms with van der Waals surface area (Å²) >= 11 is 0. The Morgan fingerprint density at radius 3 is 2.38 bits per heavy atom. The van der Waals surface area contributed by atoms with Crippen LogP contribution in [-0.2, 0) is 18.8 Å². The first kappa shape index (κ1) is 21.4. The van der Waals surface area contributed by atoms with Gasteiger partial charge in [-0.1, -0.05) is 30.3 Å². The molecule has 0 saturated carbocycles. The van der Waals surface area contributed by atoms with E-state index in [-0.39, 0.29) is 11.6 Å². The zero-order valence-electron chi connectivity index (χ0n) is 17.2. The van der Waals surface area contributed by atoms with Crippen molar-refractivity contribution in [3.05, 3.63) is 60.3 Å². The van der Waals surface area contributed by atoms with Crippen LogP contribution in [0.4, 0.5) is 30.6 Å². The highest BCUT2D eigenvalue weighted by Gasteiger charge is 2.34. The van der Waals surface area contributed by atoms with Crippen molar-refractivity contribution in [2.75, 3.05) is 17.2 Å². The van der Waals surface area contributed by atoms with Crippen molar-refractivity contribution < 1.29 is 13.2 Å². The lowest BCUT2D eigenvalue weighted by molar-refractivity contribution is -0.144. The highest BCUT2D eigenvalue weighted by molar-refractivity contribution is 5.89. The van der Waals surface area contributed by atoms with Crippen LogP contribution in [0.2, 0.25) is 0 Å². The molecule has 1 atom stereocenters. The summed E-state index contributed by atoms with van der Waals surface area (Å²) in [5.41, 5.74) is 7.47. The summed E-state index contributed by atoms with van der Waals surface area (Å²) in [6.45, 7) is 2.22. The quantitative estimate of drug-likeness (QED) is 0.416. The summed E-state index contributed by atoms with van der Waals surface area (Å²) in [5, 5.41) is 10.8. The van der Waals surface area contributed by atoms with Crippen molar-refractivity contribution in [1.82, 2.24) is 29.7 Å². The molecule has 4 aromatic rings. The topological polar surface area (TPSA) is 119 Å². The molecule has 1 aromatic carbocycles. The van der Waals surface area contributed by atoms with Crippen molar-refractivity contribution in [2.45, 2.75) is 18.6 Å². The number of alkyl halides is 3. The van der Waals surface area contributed by atoms with E-state index in [1.807, 2.05) is 37.3 Å². The van der Waals surface area contributed by atoms with Gasteiger partial charge in [0, 0.05) is 13.6 Å². The Labute approximate surface area is 180 Å². The monoisotopic (exact) mass is 443 g/mol. The SMILES string of the molecule is Cn1ncc2c(Nc3cnc(C(F)(F)F)nc3)nc(NCC(C)(N)c3ccccc3)nc21. The lowest BCUT2D eigenvalue weighted by Gasteiger charge is -2.25. The number of aromatic nitrogens is 6. The van der Waals surface area contributed by atoms with Crippen LogP contribution in [0, 0.1) is 0 Å². The van der Waals surface area contributed by atoms with Gasteiger partial charge in [-0.25, -0.2) is 9.97 Å². The largest absolute Gasteiger partial charge is 0.451 e. The highest BCUT2D eigenvalue weighted by Crippen LogP contribution is 2.28. The summed E-state index contributed by atoms with van der Waals surface area (Å²) in [7, 11) is 1.72. The Morgan fingerprint density at radius 2 is 1.72 bits per heavy atom. The van der Waals surface area contributed by atoms with E-state index in [4.69, 9.17) is 5.73 Å². The molecule has 32 heavy (non-hydrogen) atoms. The molecule has 0 spiro atoms. The second kappa shape index (κ2) is 8.04. The maximum absolute atomic E-state index is 12.7. The molecule has 1 unspecified atom stereocenters. The summed E-state index contributed by atoms with van der Waals surface area (Å²) in [6.07, 6.45) is -0.975. The smallest absolute Gasteiger partial charge is 0.352 e. The van der Waals surface area contributed by atoms with Gasteiger partial charge in [-0.2, -0.15) is 28.2 Å². The molecule has 4 rings (SSSR count). The minimum atomic E-state index is -4.62. The first-order valence-corrected chi connectivity index (χ1v) is 9.58. The molecule has 0 fully saturated rings. The van der Waals surface area contributed by atoms with Gasteiger partial charge in [-0.15, -0.1) is 0 Å². The molecule has 3 heterocycles. The van der Waals surface area contributed by atoms with E-state index in [1.165, 1.54) is 0 Å². The third-order valence-electron chi connectivity index (χ3n) is 4.81. The van der Waals surface area contributed by atoms with E-state index in [2.05, 4.69) is 35.7 Å². The normalized spacial score (nSPS) is 13.7. The number of fused-ring (bicyclic) bond motifs is 1. The number of hydrogen-bond acceptors (Lipinski definition) is 8. The fraction of sp³-hybridized carbons (Fsp3) is 0.250. The molecule has 166 valence electrons. The zero-order chi connectivity index (χ0) is 22.9. The van der Waals surface area contributed by atoms with E-state index >= 15 is 0 Å². The van der Waals surface area contributed by atoms with Gasteiger partial charge in [-0.3, -0.25) is 4.68 Å². The Bertz CT molecular complexity index is 1220. The van der Waals surface area contributed by atoms with Gasteiger partial charge in [0.25, 0.3) is 0 Å². The van der Waals surface area contributed by atoms with Crippen molar-refractivity contribution >= 4 is 28.5 Å². The van der Waals surface area contributed by atoms with Crippen molar-refractivity contribution in [2.24, 2.45) is 12.8 Å². The predicted molar refractivity (Wildman–Crippen MR) is 113 cm³/mol. The molecule has 0 radical (unpaired) electrons. The van der Waals surface area contributed by atoms with E-state index in [1.54, 1.807) is 17.9 Å². The second-order valence-electron chi connectivity index (χ2n) is 7.46. The predicted octanol–water partition coefficient (Wildman–Crippen LogP) is 3.20. The Morgan fingerprint density at radius 1 is 1.03 bits per heavy atom. The minimum Gasteiger partial charge on any atom is -0.352 e. The Kier molecular flexibility index (Phi) is 5.38. The van der Waals surface area contributed by atoms with Gasteiger partial charge in [0.1, 0.15) is 5.82 Å². The van der Waals surface area contributed by atoms with Gasteiger partial charge in [-0.05, 0) is 12.5 Å². The fourth-order valence-electron chi connectivity index (χ4n) is 3.06. The minimum absolute atomic E-state index is 0.237. The molecular weight excluding hydrogens is 423 g/mol. The van der Waals surface area contributed by atoms with E-state index in [0.717, 1.165) is 18.0 Å². The molecule has 0 aliphatic carbocycles. The molecule has 0 saturated heterocycles. The van der Waals surface area contributed by atoms with Gasteiger partial charge in [0.05, 0.1) is 35.2 Å². The molecule has 9 nitrogen and oxygen atoms in total. The average Bonchev–Trinajstić information content (AvgIpc) is 3.14. The number of nitrogens with two attached hydrogens (primary N) is 1. The molecule has 12 heteroatoms. The molecule has 0 aliphatic rings. The average molecular weight is 443 g/mol. The number of benzene rings is 1. The van der Waals surface area contributed by atoms with Gasteiger partial charge in [0.2, 0.25) is 11.8 Å². The highest BCUT2D eigenvalue weighted by atomic mass is 19.4. The van der Waals surface area contributed by atoms with Crippen LogP contribution in [0.1, 0.15) is 18.3 Å². The van der Waals surface area contributed by atoms with Crippen LogP contribution in [0.15, 0.2) is 48.9 Å². The zero-order valence-corrected chi connectivity index (χ0v) is 17.2. The number of nitrogens with one attached hydrogen (secondary N) is 2. The summed E-state index contributed by atoms with van der Waals surface area (Å²) in [4.78, 5) is 15.7. The van der Waals surface area contributed by atoms with E-state index in [9.17, 15) is 13.2 Å². The van der Waals surface area contributed by atoms with Crippen LogP contribution < -0.4 is 16.4 Å². The van der Waals surface area contributed by atoms with Gasteiger partial charge < -0.3 is 16.4 Å². The number of aryl methyl sites for hydroxylation is 1. The van der Waals surface area contributed by atoms with Crippen LogP contribution in [0.5, 0.6) is 0 Å². The summed E-state index contributed by atoms with van der Waals surface area (Å²) in [5.74, 6) is -0.598. The molecule has 4 N–H and O–H groups in total. The maximum Gasteiger partial charge on any atom is 0.451 e. The third-order valence-corrected chi connectivity index (χ3v) is 4.81. The van der Waals surface area contributed by atoms with Crippen LogP contribution in [0.3, 0.4) is 0 Å². The van der Waals surface area contributed by atoms with Crippen molar-refractivity contribution in [3.8, 4) is 0 Å². The Balaban J connectivity index is 1.61. The first-order valence-electron chi connectivity index (χ1n) is 9.58. The maximum atomic E-state index is 12.7. The number of anilines is 3. The lowest BCUT2D eigenvalue weighted by Crippen LogP contribution is -2.40. The molecular formula is C20H20F3N9. The van der Waals surface area contributed by atoms with Crippen LogP contribution in [0.25, 0.3) is 11.0 Å². The van der Waals surface area contributed by atoms with Crippen molar-refractivity contribution in [1.29, 1.82) is 0 Å². The number of hydrogen-bond donors (Lipinski definition) is 3. The Hall–Kier alpha value is -3.80. The fourth-order valence-corrected chi connectivity index (χ4v) is 3.06. The number of rotatable bonds is 6. The van der Waals surface area contributed by atoms with E-state index in [0.29, 0.717) is 23.4 Å². The number of halogens is 3. The molecule has 0 bridgehead atoms. The third kappa shape index (κ3) is 4.44. The van der Waals surface area contributed by atoms with Crippen LogP contribution >= 0.6 is 0 Å². The lowest BCUT2D eigenvalue weighted by atomic mass is 9.93. The van der Waals surface area contributed by atoms with Crippen molar-refractivity contribution in [3.63, 3.8) is 0 Å². The molecule has 0 amide bonds.